The van der Waals surface area contributed by atoms with E-state index in [2.05, 4.69) is 20.3 Å². The zero-order valence-corrected chi connectivity index (χ0v) is 15.1. The van der Waals surface area contributed by atoms with E-state index in [4.69, 9.17) is 17.0 Å². The van der Waals surface area contributed by atoms with Gasteiger partial charge in [0.25, 0.3) is 0 Å². The third-order valence-electron chi connectivity index (χ3n) is 4.00. The van der Waals surface area contributed by atoms with Crippen LogP contribution in [0.2, 0.25) is 0 Å². The molecule has 1 N–H and O–H groups in total. The second-order valence-corrected chi connectivity index (χ2v) is 6.04. The molecule has 26 heavy (non-hydrogen) atoms. The Hall–Kier alpha value is -3.26. The number of nitrogens with zero attached hydrogens (tertiary/aromatic N) is 5. The van der Waals surface area contributed by atoms with E-state index in [1.54, 1.807) is 18.0 Å². The van der Waals surface area contributed by atoms with Crippen molar-refractivity contribution in [1.82, 2.24) is 24.3 Å². The van der Waals surface area contributed by atoms with Gasteiger partial charge in [0.1, 0.15) is 17.1 Å². The summed E-state index contributed by atoms with van der Waals surface area (Å²) in [5, 5.41) is 11.7. The summed E-state index contributed by atoms with van der Waals surface area (Å²) in [5.41, 5.74) is 3.47. The molecule has 0 spiro atoms. The van der Waals surface area contributed by atoms with Gasteiger partial charge in [0.2, 0.25) is 10.6 Å². The average Bonchev–Trinajstić information content (AvgIpc) is 3.18. The number of methoxy groups -OCH3 is 1. The van der Waals surface area contributed by atoms with Crippen molar-refractivity contribution in [2.24, 2.45) is 5.10 Å². The highest BCUT2D eigenvalue weighted by molar-refractivity contribution is 7.71. The van der Waals surface area contributed by atoms with E-state index in [1.165, 1.54) is 0 Å². The van der Waals surface area contributed by atoms with Crippen molar-refractivity contribution >= 4 is 24.1 Å². The predicted molar refractivity (Wildman–Crippen MR) is 102 cm³/mol. The molecule has 7 nitrogen and oxygen atoms in total. The minimum absolute atomic E-state index is 0.412. The number of pyridine rings is 1. The summed E-state index contributed by atoms with van der Waals surface area (Å²) >= 11 is 5.35. The zero-order valence-electron chi connectivity index (χ0n) is 14.2. The fourth-order valence-corrected chi connectivity index (χ4v) is 2.93. The van der Waals surface area contributed by atoms with Crippen LogP contribution in [0.15, 0.2) is 53.8 Å². The Labute approximate surface area is 154 Å². The molecule has 0 fully saturated rings. The molecule has 0 unspecified atom stereocenters. The molecule has 0 aliphatic rings. The van der Waals surface area contributed by atoms with E-state index in [1.807, 2.05) is 60.0 Å². The third kappa shape index (κ3) is 2.80. The van der Waals surface area contributed by atoms with Gasteiger partial charge in [0, 0.05) is 6.20 Å². The van der Waals surface area contributed by atoms with Crippen LogP contribution in [-0.4, -0.2) is 37.6 Å². The number of ether oxygens (including phenoxy) is 1. The molecule has 0 amide bonds. The minimum Gasteiger partial charge on any atom is -0.497 e. The van der Waals surface area contributed by atoms with E-state index in [0.29, 0.717) is 10.6 Å². The molecule has 3 aromatic heterocycles. The van der Waals surface area contributed by atoms with Crippen LogP contribution in [0.1, 0.15) is 11.3 Å². The Balaban J connectivity index is 1.79. The molecule has 1 aromatic carbocycles. The van der Waals surface area contributed by atoms with Gasteiger partial charge in [-0.15, -0.1) is 0 Å². The Morgan fingerprint density at radius 2 is 2.00 bits per heavy atom. The first-order chi connectivity index (χ1) is 12.7. The van der Waals surface area contributed by atoms with Crippen molar-refractivity contribution in [2.75, 3.05) is 7.11 Å². The molecule has 3 heterocycles. The van der Waals surface area contributed by atoms with Gasteiger partial charge < -0.3 is 4.74 Å². The molecular weight excluding hydrogens is 348 g/mol. The van der Waals surface area contributed by atoms with Crippen molar-refractivity contribution in [2.45, 2.75) is 6.92 Å². The average molecular weight is 364 g/mol. The number of nitrogens with one attached hydrogen (secondary N) is 1. The monoisotopic (exact) mass is 364 g/mol. The molecule has 8 heteroatoms. The molecule has 0 bridgehead atoms. The number of aromatic amines is 1. The SMILES string of the molecule is COc1ccc(C=Nn2c(-c3c(C)nc4ccccn34)n[nH]c2=S)cc1. The van der Waals surface area contributed by atoms with E-state index >= 15 is 0 Å². The summed E-state index contributed by atoms with van der Waals surface area (Å²) < 4.78 is 9.15. The van der Waals surface area contributed by atoms with Crippen LogP contribution in [-0.2, 0) is 0 Å². The molecular formula is C18H16N6OS. The first kappa shape index (κ1) is 16.2. The van der Waals surface area contributed by atoms with E-state index in [9.17, 15) is 0 Å². The van der Waals surface area contributed by atoms with Crippen LogP contribution < -0.4 is 4.74 Å². The van der Waals surface area contributed by atoms with E-state index in [0.717, 1.165) is 28.3 Å². The molecule has 0 saturated carbocycles. The van der Waals surface area contributed by atoms with Gasteiger partial charge in [0.05, 0.1) is 19.0 Å². The fraction of sp³-hybridized carbons (Fsp3) is 0.111. The van der Waals surface area contributed by atoms with Gasteiger partial charge in [0.15, 0.2) is 0 Å². The van der Waals surface area contributed by atoms with Gasteiger partial charge in [-0.1, -0.05) is 6.07 Å². The highest BCUT2D eigenvalue weighted by Gasteiger charge is 2.17. The van der Waals surface area contributed by atoms with Gasteiger partial charge in [-0.2, -0.15) is 14.9 Å². The first-order valence-electron chi connectivity index (χ1n) is 7.97. The summed E-state index contributed by atoms with van der Waals surface area (Å²) in [4.78, 5) is 4.57. The first-order valence-corrected chi connectivity index (χ1v) is 8.38. The number of hydrogen-bond donors (Lipinski definition) is 1. The van der Waals surface area contributed by atoms with Crippen molar-refractivity contribution < 1.29 is 4.74 Å². The van der Waals surface area contributed by atoms with Gasteiger partial charge in [-0.3, -0.25) is 4.40 Å². The second-order valence-electron chi connectivity index (χ2n) is 5.66. The number of aryl methyl sites for hydroxylation is 1. The van der Waals surface area contributed by atoms with E-state index in [-0.39, 0.29) is 0 Å². The van der Waals surface area contributed by atoms with Gasteiger partial charge in [-0.05, 0) is 61.1 Å². The lowest BCUT2D eigenvalue weighted by atomic mass is 10.2. The predicted octanol–water partition coefficient (Wildman–Crippen LogP) is 3.45. The lowest BCUT2D eigenvalue weighted by Gasteiger charge is -2.03. The highest BCUT2D eigenvalue weighted by atomic mass is 32.1. The molecule has 4 rings (SSSR count). The van der Waals surface area contributed by atoms with Crippen LogP contribution in [0.3, 0.4) is 0 Å². The van der Waals surface area contributed by atoms with E-state index < -0.39 is 0 Å². The number of H-pyrrole nitrogens is 1. The maximum Gasteiger partial charge on any atom is 0.216 e. The molecule has 130 valence electrons. The number of fused-ring (bicyclic) bond motifs is 1. The maximum absolute atomic E-state index is 5.35. The highest BCUT2D eigenvalue weighted by Crippen LogP contribution is 2.23. The lowest BCUT2D eigenvalue weighted by molar-refractivity contribution is 0.415. The smallest absolute Gasteiger partial charge is 0.216 e. The lowest BCUT2D eigenvalue weighted by Crippen LogP contribution is -1.99. The maximum atomic E-state index is 5.35. The van der Waals surface area contributed by atoms with Crippen LogP contribution in [0.25, 0.3) is 17.2 Å². The van der Waals surface area contributed by atoms with Crippen molar-refractivity contribution in [3.05, 3.63) is 64.7 Å². The van der Waals surface area contributed by atoms with Crippen LogP contribution in [0, 0.1) is 11.7 Å². The fourth-order valence-electron chi connectivity index (χ4n) is 2.75. The molecule has 0 aliphatic heterocycles. The van der Waals surface area contributed by atoms with Crippen molar-refractivity contribution in [3.8, 4) is 17.3 Å². The number of imidazole rings is 1. The second kappa shape index (κ2) is 6.57. The zero-order chi connectivity index (χ0) is 18.1. The van der Waals surface area contributed by atoms with Crippen molar-refractivity contribution in [1.29, 1.82) is 0 Å². The molecule has 0 atom stereocenters. The summed E-state index contributed by atoms with van der Waals surface area (Å²) in [6.07, 6.45) is 3.67. The minimum atomic E-state index is 0.412. The Kier molecular flexibility index (Phi) is 4.10. The quantitative estimate of drug-likeness (QED) is 0.445. The topological polar surface area (TPSA) is 72.5 Å². The number of benzene rings is 1. The van der Waals surface area contributed by atoms with Crippen molar-refractivity contribution in [3.63, 3.8) is 0 Å². The molecule has 4 aromatic rings. The standard InChI is InChI=1S/C18H16N6OS/c1-12-16(23-10-4-3-5-15(23)20-12)17-21-22-18(26)24(17)19-11-13-6-8-14(25-2)9-7-13/h3-11H,1-2H3,(H,22,26). The molecule has 0 saturated heterocycles. The van der Waals surface area contributed by atoms with Crippen LogP contribution >= 0.6 is 12.2 Å². The largest absolute Gasteiger partial charge is 0.497 e. The summed E-state index contributed by atoms with van der Waals surface area (Å²) in [5.74, 6) is 1.40. The van der Waals surface area contributed by atoms with Crippen LogP contribution in [0.5, 0.6) is 5.75 Å². The number of aromatic nitrogens is 5. The normalized spacial score (nSPS) is 11.5. The number of hydrogen-bond acceptors (Lipinski definition) is 5. The Morgan fingerprint density at radius 1 is 1.19 bits per heavy atom. The van der Waals surface area contributed by atoms with Crippen LogP contribution in [0.4, 0.5) is 0 Å². The third-order valence-corrected chi connectivity index (χ3v) is 4.27. The van der Waals surface area contributed by atoms with Gasteiger partial charge >= 0.3 is 0 Å². The summed E-state index contributed by atoms with van der Waals surface area (Å²) in [6, 6.07) is 13.4. The molecule has 0 radical (unpaired) electrons. The summed E-state index contributed by atoms with van der Waals surface area (Å²) in [6.45, 7) is 1.94. The Morgan fingerprint density at radius 3 is 2.77 bits per heavy atom. The molecule has 0 aliphatic carbocycles. The number of rotatable bonds is 4. The Bertz CT molecular complexity index is 1150. The van der Waals surface area contributed by atoms with Gasteiger partial charge in [-0.25, -0.2) is 10.1 Å². The summed E-state index contributed by atoms with van der Waals surface area (Å²) in [7, 11) is 1.64.